The third-order valence-electron chi connectivity index (χ3n) is 4.18. The lowest BCUT2D eigenvalue weighted by molar-refractivity contribution is 0.597. The van der Waals surface area contributed by atoms with Gasteiger partial charge >= 0.3 is 0 Å². The van der Waals surface area contributed by atoms with Crippen LogP contribution in [0, 0.1) is 0 Å². The number of rotatable bonds is 3. The van der Waals surface area contributed by atoms with Crippen LogP contribution in [-0.2, 0) is 10.0 Å². The molecule has 0 fully saturated rings. The molecular weight excluding hydrogens is 332 g/mol. The SMILES string of the molecule is NS(=O)(=O)c1cccc(-n2c(-c3ccccc3)cc3ccccc32)c1. The van der Waals surface area contributed by atoms with Crippen molar-refractivity contribution in [1.29, 1.82) is 0 Å². The lowest BCUT2D eigenvalue weighted by atomic mass is 10.1. The lowest BCUT2D eigenvalue weighted by Gasteiger charge is -2.12. The van der Waals surface area contributed by atoms with E-state index in [0.717, 1.165) is 27.8 Å². The largest absolute Gasteiger partial charge is 0.309 e. The van der Waals surface area contributed by atoms with E-state index in [-0.39, 0.29) is 4.90 Å². The fourth-order valence-corrected chi connectivity index (χ4v) is 3.61. The minimum Gasteiger partial charge on any atom is -0.309 e. The van der Waals surface area contributed by atoms with Crippen molar-refractivity contribution >= 4 is 20.9 Å². The summed E-state index contributed by atoms with van der Waals surface area (Å²) in [6.07, 6.45) is 0. The van der Waals surface area contributed by atoms with Crippen LogP contribution in [-0.4, -0.2) is 13.0 Å². The van der Waals surface area contributed by atoms with Gasteiger partial charge in [0, 0.05) is 11.1 Å². The third-order valence-corrected chi connectivity index (χ3v) is 5.10. The molecule has 0 radical (unpaired) electrons. The Labute approximate surface area is 146 Å². The molecule has 0 spiro atoms. The van der Waals surface area contributed by atoms with Crippen LogP contribution in [0.2, 0.25) is 0 Å². The maximum absolute atomic E-state index is 11.7. The fraction of sp³-hybridized carbons (Fsp3) is 0. The normalized spacial score (nSPS) is 11.7. The highest BCUT2D eigenvalue weighted by Crippen LogP contribution is 2.32. The van der Waals surface area contributed by atoms with Gasteiger partial charge in [0.05, 0.1) is 16.1 Å². The highest BCUT2D eigenvalue weighted by Gasteiger charge is 2.14. The Kier molecular flexibility index (Phi) is 3.67. The van der Waals surface area contributed by atoms with Gasteiger partial charge in [-0.15, -0.1) is 0 Å². The second-order valence-electron chi connectivity index (χ2n) is 5.83. The molecule has 5 heteroatoms. The zero-order valence-corrected chi connectivity index (χ0v) is 14.1. The molecule has 124 valence electrons. The van der Waals surface area contributed by atoms with Gasteiger partial charge < -0.3 is 4.57 Å². The summed E-state index contributed by atoms with van der Waals surface area (Å²) in [5, 5.41) is 6.39. The standard InChI is InChI=1S/C20H16N2O2S/c21-25(23,24)18-11-6-10-17(14-18)22-19-12-5-4-9-16(19)13-20(22)15-7-2-1-3-8-15/h1-14H,(H2,21,23,24). The average Bonchev–Trinajstić information content (AvgIpc) is 3.01. The maximum Gasteiger partial charge on any atom is 0.238 e. The van der Waals surface area contributed by atoms with Crippen molar-refractivity contribution in [3.8, 4) is 16.9 Å². The molecule has 0 saturated carbocycles. The molecule has 25 heavy (non-hydrogen) atoms. The van der Waals surface area contributed by atoms with Crippen molar-refractivity contribution in [2.24, 2.45) is 5.14 Å². The molecule has 0 amide bonds. The first-order valence-corrected chi connectivity index (χ1v) is 9.38. The Morgan fingerprint density at radius 2 is 1.48 bits per heavy atom. The van der Waals surface area contributed by atoms with Crippen molar-refractivity contribution in [3.63, 3.8) is 0 Å². The molecule has 1 heterocycles. The first kappa shape index (κ1) is 15.6. The van der Waals surface area contributed by atoms with E-state index in [1.807, 2.05) is 60.7 Å². The maximum atomic E-state index is 11.7. The van der Waals surface area contributed by atoms with Gasteiger partial charge in [-0.05, 0) is 35.9 Å². The molecule has 1 aromatic heterocycles. The summed E-state index contributed by atoms with van der Waals surface area (Å²) in [4.78, 5) is 0.0989. The number of aromatic nitrogens is 1. The highest BCUT2D eigenvalue weighted by molar-refractivity contribution is 7.89. The number of sulfonamides is 1. The fourth-order valence-electron chi connectivity index (χ4n) is 3.05. The summed E-state index contributed by atoms with van der Waals surface area (Å²) in [6, 6.07) is 26.8. The van der Waals surface area contributed by atoms with E-state index >= 15 is 0 Å². The van der Waals surface area contributed by atoms with Gasteiger partial charge in [-0.3, -0.25) is 0 Å². The number of nitrogens with two attached hydrogens (primary N) is 1. The molecule has 4 aromatic rings. The van der Waals surface area contributed by atoms with Crippen LogP contribution < -0.4 is 5.14 Å². The van der Waals surface area contributed by atoms with Gasteiger partial charge in [-0.25, -0.2) is 13.6 Å². The summed E-state index contributed by atoms with van der Waals surface area (Å²) < 4.78 is 25.5. The molecule has 4 nitrogen and oxygen atoms in total. The van der Waals surface area contributed by atoms with Gasteiger partial charge in [0.2, 0.25) is 10.0 Å². The topological polar surface area (TPSA) is 65.1 Å². The van der Waals surface area contributed by atoms with Crippen molar-refractivity contribution in [1.82, 2.24) is 4.57 Å². The van der Waals surface area contributed by atoms with Gasteiger partial charge in [0.15, 0.2) is 0 Å². The van der Waals surface area contributed by atoms with Gasteiger partial charge in [-0.1, -0.05) is 54.6 Å². The van der Waals surface area contributed by atoms with E-state index in [1.54, 1.807) is 12.1 Å². The lowest BCUT2D eigenvalue weighted by Crippen LogP contribution is -2.12. The Hall–Kier alpha value is -2.89. The zero-order valence-electron chi connectivity index (χ0n) is 13.3. The van der Waals surface area contributed by atoms with Crippen molar-refractivity contribution < 1.29 is 8.42 Å². The Bertz CT molecular complexity index is 1160. The van der Waals surface area contributed by atoms with E-state index in [4.69, 9.17) is 5.14 Å². The summed E-state index contributed by atoms with van der Waals surface area (Å²) >= 11 is 0. The van der Waals surface area contributed by atoms with Gasteiger partial charge in [-0.2, -0.15) is 0 Å². The molecule has 0 aliphatic heterocycles. The number of fused-ring (bicyclic) bond motifs is 1. The van der Waals surface area contributed by atoms with E-state index < -0.39 is 10.0 Å². The van der Waals surface area contributed by atoms with E-state index in [9.17, 15) is 8.42 Å². The first-order chi connectivity index (χ1) is 12.0. The minimum atomic E-state index is -3.76. The predicted molar refractivity (Wildman–Crippen MR) is 100 cm³/mol. The molecule has 0 saturated heterocycles. The molecule has 0 aliphatic carbocycles. The molecule has 0 unspecified atom stereocenters. The zero-order chi connectivity index (χ0) is 17.4. The van der Waals surface area contributed by atoms with Crippen molar-refractivity contribution in [2.45, 2.75) is 4.90 Å². The van der Waals surface area contributed by atoms with Crippen LogP contribution in [0.15, 0.2) is 89.8 Å². The van der Waals surface area contributed by atoms with Crippen molar-refractivity contribution in [2.75, 3.05) is 0 Å². The highest BCUT2D eigenvalue weighted by atomic mass is 32.2. The number of para-hydroxylation sites is 1. The van der Waals surface area contributed by atoms with Crippen LogP contribution in [0.3, 0.4) is 0 Å². The van der Waals surface area contributed by atoms with Gasteiger partial charge in [0.25, 0.3) is 0 Å². The Balaban J connectivity index is 2.04. The molecule has 4 rings (SSSR count). The first-order valence-electron chi connectivity index (χ1n) is 7.83. The number of primary sulfonamides is 1. The second kappa shape index (κ2) is 5.88. The number of hydrogen-bond acceptors (Lipinski definition) is 2. The minimum absolute atomic E-state index is 0.0989. The molecule has 2 N–H and O–H groups in total. The molecular formula is C20H16N2O2S. The van der Waals surface area contributed by atoms with E-state index in [2.05, 4.69) is 10.6 Å². The van der Waals surface area contributed by atoms with Crippen LogP contribution in [0.4, 0.5) is 0 Å². The smallest absolute Gasteiger partial charge is 0.238 e. The summed E-state index contributed by atoms with van der Waals surface area (Å²) in [7, 11) is -3.76. The number of nitrogens with zero attached hydrogens (tertiary/aromatic N) is 1. The van der Waals surface area contributed by atoms with E-state index in [1.165, 1.54) is 6.07 Å². The molecule has 3 aromatic carbocycles. The van der Waals surface area contributed by atoms with Crippen LogP contribution >= 0.6 is 0 Å². The van der Waals surface area contributed by atoms with Crippen LogP contribution in [0.25, 0.3) is 27.8 Å². The van der Waals surface area contributed by atoms with E-state index in [0.29, 0.717) is 0 Å². The van der Waals surface area contributed by atoms with Gasteiger partial charge in [0.1, 0.15) is 0 Å². The predicted octanol–water partition coefficient (Wildman–Crippen LogP) is 3.94. The van der Waals surface area contributed by atoms with Crippen LogP contribution in [0.1, 0.15) is 0 Å². The van der Waals surface area contributed by atoms with Crippen LogP contribution in [0.5, 0.6) is 0 Å². The quantitative estimate of drug-likeness (QED) is 0.609. The molecule has 0 bridgehead atoms. The summed E-state index contributed by atoms with van der Waals surface area (Å²) in [5.74, 6) is 0. The number of hydrogen-bond donors (Lipinski definition) is 1. The third kappa shape index (κ3) is 2.84. The summed E-state index contributed by atoms with van der Waals surface area (Å²) in [6.45, 7) is 0. The monoisotopic (exact) mass is 348 g/mol. The number of benzene rings is 3. The average molecular weight is 348 g/mol. The molecule has 0 aliphatic rings. The Morgan fingerprint density at radius 1 is 0.760 bits per heavy atom. The van der Waals surface area contributed by atoms with Crippen molar-refractivity contribution in [3.05, 3.63) is 84.9 Å². The second-order valence-corrected chi connectivity index (χ2v) is 7.39. The summed E-state index contributed by atoms with van der Waals surface area (Å²) in [5.41, 5.74) is 3.81. The Morgan fingerprint density at radius 3 is 2.24 bits per heavy atom. The molecule has 0 atom stereocenters.